The first-order valence-electron chi connectivity index (χ1n) is 5.90. The molecule has 0 aromatic carbocycles. The van der Waals surface area contributed by atoms with Gasteiger partial charge in [0.1, 0.15) is 5.60 Å². The van der Waals surface area contributed by atoms with E-state index in [9.17, 15) is 9.59 Å². The van der Waals surface area contributed by atoms with Crippen molar-refractivity contribution in [3.8, 4) is 0 Å². The van der Waals surface area contributed by atoms with E-state index in [0.29, 0.717) is 6.42 Å². The number of hydrogen-bond donors (Lipinski definition) is 2. The van der Waals surface area contributed by atoms with Crippen LogP contribution in [-0.2, 0) is 24.3 Å². The quantitative estimate of drug-likeness (QED) is 0.318. The number of carboxylic acid groups (broad SMARTS) is 1. The molecule has 0 unspecified atom stereocenters. The average Bonchev–Trinajstić information content (AvgIpc) is 2.30. The van der Waals surface area contributed by atoms with Crippen LogP contribution in [0.25, 0.3) is 0 Å². The second-order valence-electron chi connectivity index (χ2n) is 4.87. The van der Waals surface area contributed by atoms with Gasteiger partial charge in [-0.3, -0.25) is 4.89 Å². The van der Waals surface area contributed by atoms with Crippen molar-refractivity contribution in [1.29, 1.82) is 0 Å². The number of aliphatic carboxylic acids is 1. The Morgan fingerprint density at radius 3 is 2.16 bits per heavy atom. The van der Waals surface area contributed by atoms with E-state index in [0.717, 1.165) is 6.42 Å². The molecular formula is C12H20O7. The molecule has 0 aliphatic carbocycles. The van der Waals surface area contributed by atoms with Crippen molar-refractivity contribution in [3.63, 3.8) is 0 Å². The molecule has 0 aromatic rings. The molecule has 0 bridgehead atoms. The molecule has 0 amide bonds. The highest BCUT2D eigenvalue weighted by atomic mass is 17.2. The van der Waals surface area contributed by atoms with E-state index in [2.05, 4.69) is 4.89 Å². The zero-order valence-corrected chi connectivity index (χ0v) is 11.6. The van der Waals surface area contributed by atoms with E-state index in [1.165, 1.54) is 0 Å². The zero-order valence-electron chi connectivity index (χ0n) is 11.6. The van der Waals surface area contributed by atoms with Gasteiger partial charge in [0.25, 0.3) is 5.76 Å². The highest BCUT2D eigenvalue weighted by Crippen LogP contribution is 2.19. The molecular weight excluding hydrogens is 256 g/mol. The van der Waals surface area contributed by atoms with Gasteiger partial charge in [0.2, 0.25) is 0 Å². The van der Waals surface area contributed by atoms with Gasteiger partial charge >= 0.3 is 11.9 Å². The second-order valence-corrected chi connectivity index (χ2v) is 4.87. The van der Waals surface area contributed by atoms with Crippen LogP contribution in [0.15, 0.2) is 11.3 Å². The molecule has 0 saturated carbocycles. The largest absolute Gasteiger partial charge is 0.475 e. The Balaban J connectivity index is 5.23. The van der Waals surface area contributed by atoms with Gasteiger partial charge in [0.15, 0.2) is 0 Å². The Hall–Kier alpha value is -1.60. The minimum atomic E-state index is -1.47. The number of carbonyl (C=O) groups excluding carboxylic acids is 1. The number of carboxylic acids is 1. The first kappa shape index (κ1) is 17.4. The molecule has 0 rings (SSSR count). The number of carbonyl (C=O) groups is 2. The molecule has 0 spiro atoms. The maximum absolute atomic E-state index is 11.4. The van der Waals surface area contributed by atoms with Crippen molar-refractivity contribution in [2.24, 2.45) is 0 Å². The summed E-state index contributed by atoms with van der Waals surface area (Å²) >= 11 is 0. The fourth-order valence-corrected chi connectivity index (χ4v) is 1.10. The van der Waals surface area contributed by atoms with Gasteiger partial charge in [-0.1, -0.05) is 13.3 Å². The molecule has 2 N–H and O–H groups in total. The Labute approximate surface area is 111 Å². The van der Waals surface area contributed by atoms with E-state index in [-0.39, 0.29) is 12.0 Å². The molecule has 0 aliphatic heterocycles. The van der Waals surface area contributed by atoms with Crippen LogP contribution in [0.5, 0.6) is 0 Å². The normalized spacial score (nSPS) is 12.7. The van der Waals surface area contributed by atoms with Gasteiger partial charge in [0.05, 0.1) is 5.57 Å². The number of hydrogen-bond acceptors (Lipinski definition) is 6. The van der Waals surface area contributed by atoms with Crippen molar-refractivity contribution in [2.45, 2.75) is 52.6 Å². The Morgan fingerprint density at radius 2 is 1.79 bits per heavy atom. The van der Waals surface area contributed by atoms with Crippen LogP contribution >= 0.6 is 0 Å². The van der Waals surface area contributed by atoms with Crippen molar-refractivity contribution in [2.75, 3.05) is 0 Å². The smallest absolute Gasteiger partial charge is 0.375 e. The third-order valence-corrected chi connectivity index (χ3v) is 1.95. The lowest BCUT2D eigenvalue weighted by molar-refractivity contribution is -0.321. The van der Waals surface area contributed by atoms with Gasteiger partial charge in [-0.05, 0) is 33.6 Å². The summed E-state index contributed by atoms with van der Waals surface area (Å²) in [6.45, 7) is 6.84. The van der Waals surface area contributed by atoms with Crippen LogP contribution in [0.2, 0.25) is 0 Å². The number of unbranched alkanes of at least 4 members (excludes halogenated alkanes) is 1. The van der Waals surface area contributed by atoms with E-state index >= 15 is 0 Å². The monoisotopic (exact) mass is 276 g/mol. The molecule has 0 aromatic heterocycles. The summed E-state index contributed by atoms with van der Waals surface area (Å²) in [6.07, 6.45) is 1.38. The molecule has 0 fully saturated rings. The van der Waals surface area contributed by atoms with Gasteiger partial charge in [-0.15, -0.1) is 0 Å². The lowest BCUT2D eigenvalue weighted by Crippen LogP contribution is -2.23. The molecule has 7 nitrogen and oxygen atoms in total. The third-order valence-electron chi connectivity index (χ3n) is 1.95. The number of rotatable bonds is 7. The average molecular weight is 276 g/mol. The van der Waals surface area contributed by atoms with Crippen LogP contribution in [0.4, 0.5) is 0 Å². The summed E-state index contributed by atoms with van der Waals surface area (Å²) in [4.78, 5) is 35.6. The van der Waals surface area contributed by atoms with Gasteiger partial charge in [-0.2, -0.15) is 10.1 Å². The first-order chi connectivity index (χ1) is 8.72. The van der Waals surface area contributed by atoms with Crippen molar-refractivity contribution in [1.82, 2.24) is 0 Å². The van der Waals surface area contributed by atoms with Crippen molar-refractivity contribution >= 4 is 11.9 Å². The molecule has 110 valence electrons. The maximum Gasteiger partial charge on any atom is 0.375 e. The molecule has 19 heavy (non-hydrogen) atoms. The van der Waals surface area contributed by atoms with Crippen LogP contribution in [0.3, 0.4) is 0 Å². The summed E-state index contributed by atoms with van der Waals surface area (Å²) in [6, 6.07) is 0. The fourth-order valence-electron chi connectivity index (χ4n) is 1.10. The predicted molar refractivity (Wildman–Crippen MR) is 64.8 cm³/mol. The van der Waals surface area contributed by atoms with Crippen LogP contribution in [0, 0.1) is 0 Å². The lowest BCUT2D eigenvalue weighted by atomic mass is 10.1. The predicted octanol–water partition coefficient (Wildman–Crippen LogP) is 2.28. The minimum absolute atomic E-state index is 0.102. The topological polar surface area (TPSA) is 102 Å². The first-order valence-corrected chi connectivity index (χ1v) is 5.90. The Kier molecular flexibility index (Phi) is 7.10. The zero-order chi connectivity index (χ0) is 15.1. The summed E-state index contributed by atoms with van der Waals surface area (Å²) in [5.41, 5.74) is -1.03. The Morgan fingerprint density at radius 1 is 1.21 bits per heavy atom. The SMILES string of the molecule is CCCCC(C(=O)OO)=C(OOC(C)(C)C)C(=O)O. The van der Waals surface area contributed by atoms with Gasteiger partial charge < -0.3 is 9.99 Å². The summed E-state index contributed by atoms with van der Waals surface area (Å²) in [5.74, 6) is -3.31. The van der Waals surface area contributed by atoms with E-state index < -0.39 is 23.3 Å². The molecule has 0 radical (unpaired) electrons. The second kappa shape index (κ2) is 7.75. The molecule has 7 heteroatoms. The molecule has 0 atom stereocenters. The van der Waals surface area contributed by atoms with Crippen LogP contribution < -0.4 is 0 Å². The minimum Gasteiger partial charge on any atom is -0.475 e. The molecule has 0 heterocycles. The van der Waals surface area contributed by atoms with Crippen LogP contribution in [-0.4, -0.2) is 27.9 Å². The summed E-state index contributed by atoms with van der Waals surface area (Å²) in [5, 5.41) is 17.4. The Bertz CT molecular complexity index is 352. The standard InChI is InChI=1S/C12H20O7/c1-5-6-7-8(11(15)17-16)9(10(13)14)18-19-12(2,3)4/h16H,5-7H2,1-4H3,(H,13,14). The lowest BCUT2D eigenvalue weighted by Gasteiger charge is -2.18. The maximum atomic E-state index is 11.4. The highest BCUT2D eigenvalue weighted by Gasteiger charge is 2.26. The summed E-state index contributed by atoms with van der Waals surface area (Å²) < 4.78 is 0. The van der Waals surface area contributed by atoms with Crippen molar-refractivity contribution in [3.05, 3.63) is 11.3 Å². The van der Waals surface area contributed by atoms with Crippen LogP contribution in [0.1, 0.15) is 47.0 Å². The molecule has 0 saturated heterocycles. The van der Waals surface area contributed by atoms with E-state index in [1.54, 1.807) is 20.8 Å². The van der Waals surface area contributed by atoms with E-state index in [1.807, 2.05) is 6.92 Å². The summed E-state index contributed by atoms with van der Waals surface area (Å²) in [7, 11) is 0. The fraction of sp³-hybridized carbons (Fsp3) is 0.667. The van der Waals surface area contributed by atoms with Crippen molar-refractivity contribution < 1.29 is 34.6 Å². The van der Waals surface area contributed by atoms with Gasteiger partial charge in [-0.25, -0.2) is 9.59 Å². The highest BCUT2D eigenvalue weighted by molar-refractivity contribution is 5.97. The van der Waals surface area contributed by atoms with Gasteiger partial charge in [0, 0.05) is 0 Å². The molecule has 0 aliphatic rings. The third kappa shape index (κ3) is 6.78. The van der Waals surface area contributed by atoms with E-state index in [4.69, 9.17) is 20.1 Å².